The highest BCUT2D eigenvalue weighted by Gasteiger charge is 2.23. The predicted molar refractivity (Wildman–Crippen MR) is 80.4 cm³/mol. The summed E-state index contributed by atoms with van der Waals surface area (Å²) in [7, 11) is 2.21. The maximum Gasteiger partial charge on any atom is 0.129 e. The molecule has 0 bridgehead atoms. The van der Waals surface area contributed by atoms with Crippen LogP contribution in [-0.4, -0.2) is 42.6 Å². The molecule has 0 aliphatic carbocycles. The molecule has 1 saturated heterocycles. The molecule has 106 valence electrons. The molecular formula is C15H26N4. The van der Waals surface area contributed by atoms with Crippen molar-refractivity contribution >= 4 is 5.82 Å². The van der Waals surface area contributed by atoms with Crippen LogP contribution in [0.4, 0.5) is 5.82 Å². The van der Waals surface area contributed by atoms with Crippen LogP contribution in [0.2, 0.25) is 0 Å². The number of nitrogens with two attached hydrogens (primary N) is 1. The highest BCUT2D eigenvalue weighted by molar-refractivity contribution is 5.43. The smallest absolute Gasteiger partial charge is 0.129 e. The highest BCUT2D eigenvalue weighted by atomic mass is 15.3. The Balaban J connectivity index is 2.24. The van der Waals surface area contributed by atoms with Crippen LogP contribution in [0.1, 0.15) is 38.3 Å². The Hall–Kier alpha value is -1.13. The van der Waals surface area contributed by atoms with E-state index in [4.69, 9.17) is 5.73 Å². The summed E-state index contributed by atoms with van der Waals surface area (Å²) in [6.45, 7) is 7.64. The molecule has 1 aromatic rings. The SMILES string of the molecule is CCC1CN(C)CCCN1c1cc([C@H](C)N)ccn1. The van der Waals surface area contributed by atoms with E-state index in [0.29, 0.717) is 6.04 Å². The molecule has 2 rings (SSSR count). The maximum absolute atomic E-state index is 5.98. The molecule has 1 unspecified atom stereocenters. The molecule has 0 saturated carbocycles. The summed E-state index contributed by atoms with van der Waals surface area (Å²) in [6, 6.07) is 4.78. The lowest BCUT2D eigenvalue weighted by atomic mass is 10.1. The Kier molecular flexibility index (Phi) is 4.77. The fourth-order valence-electron chi connectivity index (χ4n) is 2.77. The van der Waals surface area contributed by atoms with Gasteiger partial charge in [0.2, 0.25) is 0 Å². The second kappa shape index (κ2) is 6.35. The number of hydrogen-bond donors (Lipinski definition) is 1. The van der Waals surface area contributed by atoms with Gasteiger partial charge >= 0.3 is 0 Å². The maximum atomic E-state index is 5.98. The van der Waals surface area contributed by atoms with E-state index in [1.165, 1.54) is 13.0 Å². The molecule has 2 atom stereocenters. The number of rotatable bonds is 3. The van der Waals surface area contributed by atoms with Gasteiger partial charge in [-0.25, -0.2) is 4.98 Å². The van der Waals surface area contributed by atoms with Crippen LogP contribution in [0.3, 0.4) is 0 Å². The zero-order valence-electron chi connectivity index (χ0n) is 12.3. The van der Waals surface area contributed by atoms with E-state index in [9.17, 15) is 0 Å². The molecule has 1 aliphatic rings. The standard InChI is InChI=1S/C15H26N4/c1-4-14-11-18(3)8-5-9-19(14)15-10-13(12(2)16)6-7-17-15/h6-7,10,12,14H,4-5,8-9,11,16H2,1-3H3/t12-,14?/m0/s1. The summed E-state index contributed by atoms with van der Waals surface area (Å²) in [4.78, 5) is 9.44. The average molecular weight is 262 g/mol. The zero-order chi connectivity index (χ0) is 13.8. The van der Waals surface area contributed by atoms with E-state index in [1.54, 1.807) is 0 Å². The average Bonchev–Trinajstić information content (AvgIpc) is 2.60. The second-order valence-corrected chi connectivity index (χ2v) is 5.61. The molecule has 0 amide bonds. The lowest BCUT2D eigenvalue weighted by Crippen LogP contribution is -2.40. The Morgan fingerprint density at radius 1 is 1.47 bits per heavy atom. The Morgan fingerprint density at radius 2 is 2.26 bits per heavy atom. The first kappa shape index (κ1) is 14.3. The van der Waals surface area contributed by atoms with Gasteiger partial charge < -0.3 is 15.5 Å². The van der Waals surface area contributed by atoms with E-state index in [2.05, 4.69) is 34.8 Å². The third-order valence-corrected chi connectivity index (χ3v) is 3.96. The number of likely N-dealkylation sites (N-methyl/N-ethyl adjacent to an activating group) is 1. The minimum Gasteiger partial charge on any atom is -0.352 e. The van der Waals surface area contributed by atoms with Gasteiger partial charge in [0.05, 0.1) is 0 Å². The van der Waals surface area contributed by atoms with E-state index >= 15 is 0 Å². The highest BCUT2D eigenvalue weighted by Crippen LogP contribution is 2.22. The largest absolute Gasteiger partial charge is 0.352 e. The molecule has 0 aromatic carbocycles. The van der Waals surface area contributed by atoms with Gasteiger partial charge in [-0.05, 0) is 51.1 Å². The van der Waals surface area contributed by atoms with Gasteiger partial charge in [0.25, 0.3) is 0 Å². The molecule has 0 spiro atoms. The number of aromatic nitrogens is 1. The predicted octanol–water partition coefficient (Wildman–Crippen LogP) is 2.02. The first-order valence-electron chi connectivity index (χ1n) is 7.28. The fraction of sp³-hybridized carbons (Fsp3) is 0.667. The van der Waals surface area contributed by atoms with Crippen molar-refractivity contribution in [1.29, 1.82) is 0 Å². The van der Waals surface area contributed by atoms with Gasteiger partial charge in [0, 0.05) is 31.4 Å². The van der Waals surface area contributed by atoms with Crippen LogP contribution >= 0.6 is 0 Å². The van der Waals surface area contributed by atoms with E-state index in [-0.39, 0.29) is 6.04 Å². The van der Waals surface area contributed by atoms with Crippen molar-refractivity contribution in [2.45, 2.75) is 38.8 Å². The van der Waals surface area contributed by atoms with Crippen molar-refractivity contribution in [3.63, 3.8) is 0 Å². The van der Waals surface area contributed by atoms with Crippen LogP contribution in [0.25, 0.3) is 0 Å². The summed E-state index contributed by atoms with van der Waals surface area (Å²) >= 11 is 0. The zero-order valence-corrected chi connectivity index (χ0v) is 12.3. The van der Waals surface area contributed by atoms with Gasteiger partial charge in [-0.3, -0.25) is 0 Å². The Morgan fingerprint density at radius 3 is 2.95 bits per heavy atom. The van der Waals surface area contributed by atoms with Gasteiger partial charge in [-0.2, -0.15) is 0 Å². The first-order valence-corrected chi connectivity index (χ1v) is 7.28. The molecule has 1 fully saturated rings. The fourth-order valence-corrected chi connectivity index (χ4v) is 2.77. The van der Waals surface area contributed by atoms with Crippen LogP contribution in [0.5, 0.6) is 0 Å². The lowest BCUT2D eigenvalue weighted by Gasteiger charge is -2.31. The van der Waals surface area contributed by atoms with E-state index < -0.39 is 0 Å². The molecule has 2 N–H and O–H groups in total. The van der Waals surface area contributed by atoms with Crippen molar-refractivity contribution in [3.05, 3.63) is 23.9 Å². The van der Waals surface area contributed by atoms with Crippen LogP contribution < -0.4 is 10.6 Å². The lowest BCUT2D eigenvalue weighted by molar-refractivity contribution is 0.327. The number of pyridine rings is 1. The summed E-state index contributed by atoms with van der Waals surface area (Å²) in [5.41, 5.74) is 7.14. The first-order chi connectivity index (χ1) is 9.11. The van der Waals surface area contributed by atoms with Gasteiger partial charge in [0.1, 0.15) is 5.82 Å². The molecule has 0 radical (unpaired) electrons. The number of hydrogen-bond acceptors (Lipinski definition) is 4. The minimum atomic E-state index is 0.0662. The molecule has 1 aromatic heterocycles. The Labute approximate surface area is 116 Å². The quantitative estimate of drug-likeness (QED) is 0.905. The summed E-state index contributed by atoms with van der Waals surface area (Å²) < 4.78 is 0. The normalized spacial score (nSPS) is 23.2. The number of nitrogens with zero attached hydrogens (tertiary/aromatic N) is 3. The van der Waals surface area contributed by atoms with Crippen molar-refractivity contribution in [1.82, 2.24) is 9.88 Å². The van der Waals surface area contributed by atoms with Gasteiger partial charge in [-0.1, -0.05) is 6.92 Å². The monoisotopic (exact) mass is 262 g/mol. The van der Waals surface area contributed by atoms with Gasteiger partial charge in [-0.15, -0.1) is 0 Å². The topological polar surface area (TPSA) is 45.4 Å². The van der Waals surface area contributed by atoms with Crippen molar-refractivity contribution in [2.24, 2.45) is 5.73 Å². The van der Waals surface area contributed by atoms with Crippen molar-refractivity contribution in [3.8, 4) is 0 Å². The third-order valence-electron chi connectivity index (χ3n) is 3.96. The third kappa shape index (κ3) is 3.45. The molecule has 1 aliphatic heterocycles. The van der Waals surface area contributed by atoms with Crippen molar-refractivity contribution in [2.75, 3.05) is 31.6 Å². The summed E-state index contributed by atoms with van der Waals surface area (Å²) in [6.07, 6.45) is 4.22. The minimum absolute atomic E-state index is 0.0662. The summed E-state index contributed by atoms with van der Waals surface area (Å²) in [5, 5.41) is 0. The van der Waals surface area contributed by atoms with Gasteiger partial charge in [0.15, 0.2) is 0 Å². The molecule has 19 heavy (non-hydrogen) atoms. The number of anilines is 1. The molecule has 2 heterocycles. The molecule has 4 nitrogen and oxygen atoms in total. The van der Waals surface area contributed by atoms with Crippen LogP contribution in [0, 0.1) is 0 Å². The van der Waals surface area contributed by atoms with Crippen molar-refractivity contribution < 1.29 is 0 Å². The van der Waals surface area contributed by atoms with E-state index in [0.717, 1.165) is 30.9 Å². The van der Waals surface area contributed by atoms with Crippen LogP contribution in [-0.2, 0) is 0 Å². The van der Waals surface area contributed by atoms with Crippen LogP contribution in [0.15, 0.2) is 18.3 Å². The molecule has 4 heteroatoms. The van der Waals surface area contributed by atoms with E-state index in [1.807, 2.05) is 19.2 Å². The molecular weight excluding hydrogens is 236 g/mol. The second-order valence-electron chi connectivity index (χ2n) is 5.61. The summed E-state index contributed by atoms with van der Waals surface area (Å²) in [5.74, 6) is 1.08. The Bertz CT molecular complexity index is 405.